The Hall–Kier alpha value is -3.38. The van der Waals surface area contributed by atoms with Gasteiger partial charge in [-0.25, -0.2) is 0 Å². The molecule has 1 saturated heterocycles. The third kappa shape index (κ3) is 4.46. The van der Waals surface area contributed by atoms with Gasteiger partial charge in [0, 0.05) is 6.07 Å². The first-order valence-corrected chi connectivity index (χ1v) is 11.0. The molecule has 1 aromatic heterocycles. The molecule has 0 unspecified atom stereocenters. The number of benzene rings is 3. The van der Waals surface area contributed by atoms with E-state index in [0.29, 0.717) is 17.5 Å². The fourth-order valence-corrected chi connectivity index (χ4v) is 4.10. The summed E-state index contributed by atoms with van der Waals surface area (Å²) in [7, 11) is 3.73. The van der Waals surface area contributed by atoms with Gasteiger partial charge in [-0.3, -0.25) is 0 Å². The average Bonchev–Trinajstić information content (AvgIpc) is 2.83. The Labute approximate surface area is 187 Å². The van der Waals surface area contributed by atoms with Crippen LogP contribution in [-0.4, -0.2) is 48.7 Å². The highest BCUT2D eigenvalue weighted by molar-refractivity contribution is 5.86. The molecule has 164 valence electrons. The van der Waals surface area contributed by atoms with Crippen molar-refractivity contribution < 1.29 is 14.2 Å². The van der Waals surface area contributed by atoms with Crippen molar-refractivity contribution in [3.63, 3.8) is 0 Å². The normalized spacial score (nSPS) is 15.2. The molecule has 4 aromatic rings. The van der Waals surface area contributed by atoms with Gasteiger partial charge in [-0.1, -0.05) is 30.3 Å². The van der Waals surface area contributed by atoms with Crippen LogP contribution in [0.4, 0.5) is 0 Å². The zero-order valence-corrected chi connectivity index (χ0v) is 18.5. The lowest BCUT2D eigenvalue weighted by Gasteiger charge is -2.28. The molecule has 6 heteroatoms. The van der Waals surface area contributed by atoms with Crippen LogP contribution in [0.5, 0.6) is 23.4 Å². The molecule has 1 aliphatic heterocycles. The van der Waals surface area contributed by atoms with Crippen molar-refractivity contribution in [2.45, 2.75) is 12.8 Å². The van der Waals surface area contributed by atoms with E-state index in [4.69, 9.17) is 14.2 Å². The first kappa shape index (κ1) is 20.5. The van der Waals surface area contributed by atoms with Crippen LogP contribution >= 0.6 is 0 Å². The molecule has 0 bridgehead atoms. The molecule has 0 spiro atoms. The number of piperidine rings is 1. The van der Waals surface area contributed by atoms with E-state index in [1.54, 1.807) is 7.11 Å². The van der Waals surface area contributed by atoms with Gasteiger partial charge in [0.05, 0.1) is 24.6 Å². The highest BCUT2D eigenvalue weighted by Gasteiger charge is 2.18. The Balaban J connectivity index is 1.39. The monoisotopic (exact) mass is 429 g/mol. The van der Waals surface area contributed by atoms with Gasteiger partial charge < -0.3 is 19.1 Å². The van der Waals surface area contributed by atoms with Crippen LogP contribution < -0.4 is 14.2 Å². The van der Waals surface area contributed by atoms with Crippen molar-refractivity contribution in [1.29, 1.82) is 0 Å². The number of nitrogens with zero attached hydrogens (tertiary/aromatic N) is 3. The summed E-state index contributed by atoms with van der Waals surface area (Å²) in [5, 5.41) is 3.09. The number of hydrogen-bond acceptors (Lipinski definition) is 6. The van der Waals surface area contributed by atoms with Crippen molar-refractivity contribution in [1.82, 2.24) is 14.9 Å². The molecule has 0 radical (unpaired) electrons. The lowest BCUT2D eigenvalue weighted by molar-refractivity contribution is 0.160. The van der Waals surface area contributed by atoms with E-state index in [2.05, 4.69) is 34.0 Å². The summed E-state index contributed by atoms with van der Waals surface area (Å²) < 4.78 is 17.6. The average molecular weight is 430 g/mol. The third-order valence-electron chi connectivity index (χ3n) is 6.05. The van der Waals surface area contributed by atoms with Crippen LogP contribution in [-0.2, 0) is 0 Å². The van der Waals surface area contributed by atoms with Gasteiger partial charge in [-0.05, 0) is 73.9 Å². The van der Waals surface area contributed by atoms with Crippen molar-refractivity contribution in [3.05, 3.63) is 60.7 Å². The maximum absolute atomic E-state index is 6.17. The largest absolute Gasteiger partial charge is 0.493 e. The van der Waals surface area contributed by atoms with Crippen LogP contribution in [0.1, 0.15) is 12.8 Å². The predicted octanol–water partition coefficient (Wildman–Crippen LogP) is 5.30. The first-order chi connectivity index (χ1) is 15.7. The predicted molar refractivity (Wildman–Crippen MR) is 126 cm³/mol. The maximum Gasteiger partial charge on any atom is 0.320 e. The Morgan fingerprint density at radius 3 is 2.50 bits per heavy atom. The van der Waals surface area contributed by atoms with E-state index in [9.17, 15) is 0 Å². The lowest BCUT2D eigenvalue weighted by atomic mass is 9.98. The van der Waals surface area contributed by atoms with Crippen molar-refractivity contribution >= 4 is 21.7 Å². The van der Waals surface area contributed by atoms with Gasteiger partial charge in [0.15, 0.2) is 0 Å². The molecular weight excluding hydrogens is 402 g/mol. The molecule has 2 heterocycles. The summed E-state index contributed by atoms with van der Waals surface area (Å²) in [6, 6.07) is 20.3. The van der Waals surface area contributed by atoms with Crippen LogP contribution in [0.3, 0.4) is 0 Å². The van der Waals surface area contributed by atoms with Gasteiger partial charge in [-0.2, -0.15) is 9.97 Å². The minimum atomic E-state index is 0.265. The highest BCUT2D eigenvalue weighted by Crippen LogP contribution is 2.33. The summed E-state index contributed by atoms with van der Waals surface area (Å²) >= 11 is 0. The summed E-state index contributed by atoms with van der Waals surface area (Å²) in [5.74, 6) is 2.57. The van der Waals surface area contributed by atoms with Crippen LogP contribution in [0.15, 0.2) is 60.7 Å². The van der Waals surface area contributed by atoms with Gasteiger partial charge in [0.25, 0.3) is 0 Å². The fourth-order valence-electron chi connectivity index (χ4n) is 4.10. The highest BCUT2D eigenvalue weighted by atomic mass is 16.5. The Morgan fingerprint density at radius 2 is 1.69 bits per heavy atom. The molecule has 0 atom stereocenters. The molecule has 1 aliphatic rings. The first-order valence-electron chi connectivity index (χ1n) is 11.0. The molecule has 0 amide bonds. The summed E-state index contributed by atoms with van der Waals surface area (Å²) in [6.45, 7) is 2.99. The molecule has 6 nitrogen and oxygen atoms in total. The topological polar surface area (TPSA) is 56.7 Å². The van der Waals surface area contributed by atoms with E-state index < -0.39 is 0 Å². The Kier molecular flexibility index (Phi) is 5.77. The molecule has 32 heavy (non-hydrogen) atoms. The summed E-state index contributed by atoms with van der Waals surface area (Å²) in [4.78, 5) is 11.3. The van der Waals surface area contributed by atoms with Gasteiger partial charge in [0.1, 0.15) is 11.5 Å². The molecule has 3 aromatic carbocycles. The second-order valence-corrected chi connectivity index (χ2v) is 8.36. The quantitative estimate of drug-likeness (QED) is 0.414. The molecular formula is C26H27N3O3. The smallest absolute Gasteiger partial charge is 0.320 e. The van der Waals surface area contributed by atoms with E-state index in [0.717, 1.165) is 47.1 Å². The lowest BCUT2D eigenvalue weighted by Crippen LogP contribution is -2.32. The molecule has 5 rings (SSSR count). The zero-order chi connectivity index (χ0) is 21.9. The number of aromatic nitrogens is 2. The minimum absolute atomic E-state index is 0.265. The number of methoxy groups -OCH3 is 1. The molecule has 0 N–H and O–H groups in total. The van der Waals surface area contributed by atoms with Crippen LogP contribution in [0, 0.1) is 5.92 Å². The van der Waals surface area contributed by atoms with Crippen molar-refractivity contribution in [3.8, 4) is 23.4 Å². The van der Waals surface area contributed by atoms with E-state index in [1.807, 2.05) is 48.5 Å². The molecule has 0 saturated carbocycles. The standard InChI is InChI=1S/C26H27N3O3/c1-29-13-11-18(12-14-29)17-31-21-9-10-23-24(16-21)27-26(30-2)28-25(23)32-22-8-7-19-5-3-4-6-20(19)15-22/h3-10,15-16,18H,11-14,17H2,1-2H3. The zero-order valence-electron chi connectivity index (χ0n) is 18.5. The van der Waals surface area contributed by atoms with E-state index in [1.165, 1.54) is 12.8 Å². The number of fused-ring (bicyclic) bond motifs is 2. The molecule has 0 aliphatic carbocycles. The second kappa shape index (κ2) is 9.01. The fraction of sp³-hybridized carbons (Fsp3) is 0.308. The third-order valence-corrected chi connectivity index (χ3v) is 6.05. The Morgan fingerprint density at radius 1 is 0.906 bits per heavy atom. The summed E-state index contributed by atoms with van der Waals surface area (Å²) in [5.41, 5.74) is 0.730. The molecule has 1 fully saturated rings. The van der Waals surface area contributed by atoms with Crippen molar-refractivity contribution in [2.24, 2.45) is 5.92 Å². The number of rotatable bonds is 6. The van der Waals surface area contributed by atoms with Gasteiger partial charge >= 0.3 is 6.01 Å². The van der Waals surface area contributed by atoms with Crippen LogP contribution in [0.2, 0.25) is 0 Å². The SMILES string of the molecule is COc1nc(Oc2ccc3ccccc3c2)c2ccc(OCC3CCN(C)CC3)cc2n1. The maximum atomic E-state index is 6.17. The van der Waals surface area contributed by atoms with Crippen molar-refractivity contribution in [2.75, 3.05) is 33.9 Å². The minimum Gasteiger partial charge on any atom is -0.493 e. The van der Waals surface area contributed by atoms with E-state index in [-0.39, 0.29) is 6.01 Å². The number of hydrogen-bond donors (Lipinski definition) is 0. The Bertz CT molecular complexity index is 1240. The number of ether oxygens (including phenoxy) is 3. The number of likely N-dealkylation sites (tertiary alicyclic amines) is 1. The summed E-state index contributed by atoms with van der Waals surface area (Å²) in [6.07, 6.45) is 2.34. The second-order valence-electron chi connectivity index (χ2n) is 8.36. The van der Waals surface area contributed by atoms with Gasteiger partial charge in [0.2, 0.25) is 5.88 Å². The van der Waals surface area contributed by atoms with Gasteiger partial charge in [-0.15, -0.1) is 0 Å². The van der Waals surface area contributed by atoms with E-state index >= 15 is 0 Å². The van der Waals surface area contributed by atoms with Crippen LogP contribution in [0.25, 0.3) is 21.7 Å².